The number of rotatable bonds is 7. The van der Waals surface area contributed by atoms with Crippen molar-refractivity contribution in [2.75, 3.05) is 5.73 Å². The van der Waals surface area contributed by atoms with Gasteiger partial charge in [0.1, 0.15) is 0 Å². The number of halogens is 1. The molecular formula is C35H33ClN3S2. The summed E-state index contributed by atoms with van der Waals surface area (Å²) in [4.78, 5) is 11.6. The highest BCUT2D eigenvalue weighted by Gasteiger charge is 2.23. The zero-order valence-corrected chi connectivity index (χ0v) is 26.3. The number of aromatic amines is 2. The number of anilines is 1. The van der Waals surface area contributed by atoms with Gasteiger partial charge in [0.2, 0.25) is 0 Å². The number of nitrogen functional groups attached to an aromatic ring is 1. The Balaban J connectivity index is 1.44. The highest BCUT2D eigenvalue weighted by Crippen LogP contribution is 2.46. The zero-order valence-electron chi connectivity index (χ0n) is 23.9. The van der Waals surface area contributed by atoms with E-state index in [9.17, 15) is 0 Å². The lowest BCUT2D eigenvalue weighted by Crippen LogP contribution is -2.09. The monoisotopic (exact) mass is 594 g/mol. The molecular weight excluding hydrogens is 562 g/mol. The van der Waals surface area contributed by atoms with Crippen LogP contribution in [0, 0.1) is 26.7 Å². The number of hydrogen-bond acceptors (Lipinski definition) is 3. The Morgan fingerprint density at radius 2 is 1.56 bits per heavy atom. The third-order valence-corrected chi connectivity index (χ3v) is 10.6. The zero-order chi connectivity index (χ0) is 28.8. The van der Waals surface area contributed by atoms with Gasteiger partial charge in [0, 0.05) is 70.4 Å². The lowest BCUT2D eigenvalue weighted by molar-refractivity contribution is 0.996. The van der Waals surface area contributed by atoms with E-state index in [1.165, 1.54) is 59.3 Å². The lowest BCUT2D eigenvalue weighted by atomic mass is 9.86. The molecule has 0 unspecified atom stereocenters. The molecule has 0 aliphatic carbocycles. The molecule has 207 valence electrons. The Hall–Kier alpha value is -3.25. The first kappa shape index (κ1) is 27.9. The molecule has 4 N–H and O–H groups in total. The Kier molecular flexibility index (Phi) is 7.62. The molecule has 0 amide bonds. The van der Waals surface area contributed by atoms with Crippen LogP contribution in [0.25, 0.3) is 21.8 Å². The molecule has 6 heteroatoms. The quantitative estimate of drug-likeness (QED) is 0.161. The predicted octanol–water partition coefficient (Wildman–Crippen LogP) is 10.7. The molecule has 6 aromatic rings. The first-order chi connectivity index (χ1) is 19.7. The minimum absolute atomic E-state index is 0.745. The molecule has 0 atom stereocenters. The molecule has 0 saturated carbocycles. The molecule has 0 aliphatic heterocycles. The Morgan fingerprint density at radius 1 is 0.805 bits per heavy atom. The fourth-order valence-electron chi connectivity index (χ4n) is 5.60. The molecule has 4 aromatic carbocycles. The third-order valence-electron chi connectivity index (χ3n) is 7.96. The molecule has 2 heterocycles. The van der Waals surface area contributed by atoms with Gasteiger partial charge in [-0.25, -0.2) is 0 Å². The Labute approximate surface area is 255 Å². The van der Waals surface area contributed by atoms with Crippen molar-refractivity contribution in [2.45, 2.75) is 60.6 Å². The summed E-state index contributed by atoms with van der Waals surface area (Å²) in [5, 5.41) is 3.12. The van der Waals surface area contributed by atoms with Crippen molar-refractivity contribution in [3.05, 3.63) is 117 Å². The number of benzene rings is 4. The molecule has 6 rings (SSSR count). The smallest absolute Gasteiger partial charge is 0.0495 e. The summed E-state index contributed by atoms with van der Waals surface area (Å²) in [6.07, 6.45) is 5.01. The number of fused-ring (bicyclic) bond motifs is 2. The molecule has 0 fully saturated rings. The fourth-order valence-corrected chi connectivity index (χ4v) is 8.13. The largest absolute Gasteiger partial charge is 0.398 e. The fraction of sp³-hybridized carbons (Fsp3) is 0.171. The summed E-state index contributed by atoms with van der Waals surface area (Å²) in [6.45, 7) is 10.9. The second kappa shape index (κ2) is 11.2. The molecule has 2 aromatic heterocycles. The number of aryl methyl sites for hydroxylation is 1. The summed E-state index contributed by atoms with van der Waals surface area (Å²) >= 11 is 9.91. The normalized spacial score (nSPS) is 11.8. The topological polar surface area (TPSA) is 57.6 Å². The number of aromatic nitrogens is 2. The van der Waals surface area contributed by atoms with E-state index in [2.05, 4.69) is 99.4 Å². The van der Waals surface area contributed by atoms with Crippen LogP contribution in [0.1, 0.15) is 47.2 Å². The summed E-state index contributed by atoms with van der Waals surface area (Å²) in [5.74, 6) is 1.27. The van der Waals surface area contributed by atoms with Crippen LogP contribution in [0.2, 0.25) is 5.02 Å². The lowest BCUT2D eigenvalue weighted by Gasteiger charge is -2.24. The average molecular weight is 595 g/mol. The highest BCUT2D eigenvalue weighted by atomic mass is 35.5. The molecule has 0 spiro atoms. The second-order valence-corrected chi connectivity index (χ2v) is 13.4. The van der Waals surface area contributed by atoms with Crippen LogP contribution in [0.4, 0.5) is 5.69 Å². The number of hydrogen-bond donors (Lipinski definition) is 3. The molecule has 0 aliphatic rings. The number of H-pyrrole nitrogens is 2. The maximum Gasteiger partial charge on any atom is 0.0495 e. The van der Waals surface area contributed by atoms with Gasteiger partial charge in [0.25, 0.3) is 0 Å². The van der Waals surface area contributed by atoms with Crippen molar-refractivity contribution in [1.82, 2.24) is 9.97 Å². The van der Waals surface area contributed by atoms with Crippen LogP contribution in [0.15, 0.2) is 92.6 Å². The maximum absolute atomic E-state index is 6.90. The SMILES string of the molecule is C[C](C)c1c(Cc2ccccc2Sc2c[nH]c3ccc(Cl)cc23)c(C)c(C)c(N)c1Sc1c[nH]c2c(C)cccc12. The van der Waals surface area contributed by atoms with Crippen LogP contribution < -0.4 is 5.73 Å². The summed E-state index contributed by atoms with van der Waals surface area (Å²) in [7, 11) is 0. The van der Waals surface area contributed by atoms with Crippen LogP contribution in [0.3, 0.4) is 0 Å². The van der Waals surface area contributed by atoms with E-state index in [-0.39, 0.29) is 0 Å². The van der Waals surface area contributed by atoms with E-state index in [0.717, 1.165) is 38.5 Å². The van der Waals surface area contributed by atoms with Crippen LogP contribution in [-0.4, -0.2) is 9.97 Å². The molecule has 0 bridgehead atoms. The van der Waals surface area contributed by atoms with Crippen molar-refractivity contribution >= 4 is 62.6 Å². The third kappa shape index (κ3) is 5.16. The van der Waals surface area contributed by atoms with Gasteiger partial charge in [0.15, 0.2) is 0 Å². The minimum atomic E-state index is 0.745. The van der Waals surface area contributed by atoms with Crippen molar-refractivity contribution in [2.24, 2.45) is 0 Å². The average Bonchev–Trinajstić information content (AvgIpc) is 3.55. The van der Waals surface area contributed by atoms with Gasteiger partial charge >= 0.3 is 0 Å². The van der Waals surface area contributed by atoms with Gasteiger partial charge in [-0.05, 0) is 84.8 Å². The number of nitrogens with two attached hydrogens (primary N) is 1. The molecule has 3 nitrogen and oxygen atoms in total. The van der Waals surface area contributed by atoms with Crippen LogP contribution >= 0.6 is 35.1 Å². The maximum atomic E-state index is 6.90. The van der Waals surface area contributed by atoms with Crippen molar-refractivity contribution in [1.29, 1.82) is 0 Å². The van der Waals surface area contributed by atoms with Crippen molar-refractivity contribution in [3.63, 3.8) is 0 Å². The second-order valence-electron chi connectivity index (χ2n) is 10.8. The van der Waals surface area contributed by atoms with E-state index < -0.39 is 0 Å². The van der Waals surface area contributed by atoms with Gasteiger partial charge in [-0.3, -0.25) is 0 Å². The van der Waals surface area contributed by atoms with Gasteiger partial charge < -0.3 is 15.7 Å². The Bertz CT molecular complexity index is 1910. The van der Waals surface area contributed by atoms with Gasteiger partial charge in [0.05, 0.1) is 0 Å². The first-order valence-corrected chi connectivity index (χ1v) is 15.7. The summed E-state index contributed by atoms with van der Waals surface area (Å²) in [6, 6.07) is 21.2. The van der Waals surface area contributed by atoms with Gasteiger partial charge in [-0.2, -0.15) is 0 Å². The van der Waals surface area contributed by atoms with Gasteiger partial charge in [-0.1, -0.05) is 85.4 Å². The van der Waals surface area contributed by atoms with Crippen molar-refractivity contribution in [3.8, 4) is 0 Å². The van der Waals surface area contributed by atoms with Crippen LogP contribution in [0.5, 0.6) is 0 Å². The molecule has 1 radical (unpaired) electrons. The molecule has 41 heavy (non-hydrogen) atoms. The van der Waals surface area contributed by atoms with E-state index >= 15 is 0 Å². The molecule has 0 saturated heterocycles. The minimum Gasteiger partial charge on any atom is -0.398 e. The standard InChI is InChI=1S/C35H33ClN3S2/c1-19(2)32-26(15-23-10-6-7-12-29(23)40-31-17-38-28-14-13-24(36)16-27(28)31)21(4)22(5)33(37)35(32)41-30-18-39-34-20(3)9-8-11-25(30)34/h6-14,16-18,38-39H,15,37H2,1-5H3. The predicted molar refractivity (Wildman–Crippen MR) is 178 cm³/mol. The Morgan fingerprint density at radius 3 is 2.37 bits per heavy atom. The summed E-state index contributed by atoms with van der Waals surface area (Å²) < 4.78 is 0. The van der Waals surface area contributed by atoms with E-state index in [4.69, 9.17) is 17.3 Å². The first-order valence-electron chi connectivity index (χ1n) is 13.7. The van der Waals surface area contributed by atoms with Crippen LogP contribution in [-0.2, 0) is 6.42 Å². The number of nitrogens with one attached hydrogen (secondary N) is 2. The number of para-hydroxylation sites is 1. The van der Waals surface area contributed by atoms with Gasteiger partial charge in [-0.15, -0.1) is 0 Å². The van der Waals surface area contributed by atoms with E-state index in [1.807, 2.05) is 18.2 Å². The van der Waals surface area contributed by atoms with E-state index in [0.29, 0.717) is 0 Å². The summed E-state index contributed by atoms with van der Waals surface area (Å²) in [5.41, 5.74) is 17.6. The highest BCUT2D eigenvalue weighted by molar-refractivity contribution is 8.00. The van der Waals surface area contributed by atoms with Crippen molar-refractivity contribution < 1.29 is 0 Å². The van der Waals surface area contributed by atoms with E-state index in [1.54, 1.807) is 23.5 Å².